The Kier molecular flexibility index (Phi) is 3.30. The normalized spacial score (nSPS) is 20.3. The van der Waals surface area contributed by atoms with E-state index in [1.165, 1.54) is 0 Å². The van der Waals surface area contributed by atoms with Crippen LogP contribution in [0.25, 0.3) is 0 Å². The van der Waals surface area contributed by atoms with Gasteiger partial charge in [0.15, 0.2) is 0 Å². The fourth-order valence-corrected chi connectivity index (χ4v) is 3.25. The van der Waals surface area contributed by atoms with E-state index in [9.17, 15) is 9.59 Å². The van der Waals surface area contributed by atoms with Gasteiger partial charge in [-0.05, 0) is 17.7 Å². The van der Waals surface area contributed by atoms with E-state index in [0.717, 1.165) is 11.3 Å². The minimum atomic E-state index is -0.385. The minimum Gasteiger partial charge on any atom is -0.316 e. The van der Waals surface area contributed by atoms with Crippen LogP contribution in [0.2, 0.25) is 0 Å². The first-order chi connectivity index (χ1) is 11.7. The van der Waals surface area contributed by atoms with E-state index in [1.54, 1.807) is 35.3 Å². The second kappa shape index (κ2) is 5.49. The number of anilines is 1. The molecule has 24 heavy (non-hydrogen) atoms. The number of pyridine rings is 1. The smallest absolute Gasteiger partial charge is 0.316 e. The average Bonchev–Trinajstić information content (AvgIpc) is 2.94. The summed E-state index contributed by atoms with van der Waals surface area (Å²) in [5, 5.41) is 2.84. The van der Waals surface area contributed by atoms with Gasteiger partial charge >= 0.3 is 6.03 Å². The maximum absolute atomic E-state index is 13.0. The predicted molar refractivity (Wildman–Crippen MR) is 89.1 cm³/mol. The molecule has 1 unspecified atom stereocenters. The zero-order chi connectivity index (χ0) is 16.7. The number of nitrogens with one attached hydrogen (secondary N) is 1. The Bertz CT molecular complexity index is 833. The van der Waals surface area contributed by atoms with Crippen LogP contribution in [0.5, 0.6) is 0 Å². The third-order valence-electron chi connectivity index (χ3n) is 4.43. The van der Waals surface area contributed by atoms with Crippen molar-refractivity contribution in [1.82, 2.24) is 15.2 Å². The lowest BCUT2D eigenvalue weighted by molar-refractivity contribution is -0.115. The second-order valence-corrected chi connectivity index (χ2v) is 5.85. The largest absolute Gasteiger partial charge is 0.322 e. The Balaban J connectivity index is 1.77. The number of hydrogen-bond acceptors (Lipinski definition) is 3. The summed E-state index contributed by atoms with van der Waals surface area (Å²) < 4.78 is 0. The number of nitrogens with zero attached hydrogens (tertiary/aromatic N) is 3. The Morgan fingerprint density at radius 1 is 1.12 bits per heavy atom. The van der Waals surface area contributed by atoms with Gasteiger partial charge in [-0.1, -0.05) is 30.3 Å². The van der Waals surface area contributed by atoms with Gasteiger partial charge in [-0.15, -0.1) is 0 Å². The van der Waals surface area contributed by atoms with Crippen LogP contribution in [-0.2, 0) is 4.79 Å². The van der Waals surface area contributed by atoms with Crippen LogP contribution in [0.4, 0.5) is 10.5 Å². The molecule has 1 atom stereocenters. The molecule has 1 aromatic carbocycles. The summed E-state index contributed by atoms with van der Waals surface area (Å²) in [7, 11) is 1.71. The van der Waals surface area contributed by atoms with Gasteiger partial charge in [0.05, 0.1) is 35.7 Å². The number of amides is 3. The summed E-state index contributed by atoms with van der Waals surface area (Å²) >= 11 is 0. The molecule has 1 aromatic heterocycles. The van der Waals surface area contributed by atoms with Gasteiger partial charge in [-0.3, -0.25) is 9.78 Å². The third kappa shape index (κ3) is 2.15. The summed E-state index contributed by atoms with van der Waals surface area (Å²) in [5.41, 5.74) is 2.93. The van der Waals surface area contributed by atoms with Crippen LogP contribution in [0.3, 0.4) is 0 Å². The number of carbonyl (C=O) groups is 2. The van der Waals surface area contributed by atoms with Crippen LogP contribution >= 0.6 is 0 Å². The first-order valence-corrected chi connectivity index (χ1v) is 7.70. The van der Waals surface area contributed by atoms with Crippen LogP contribution in [0.15, 0.2) is 66.1 Å². The lowest BCUT2D eigenvalue weighted by Crippen LogP contribution is -2.45. The molecule has 0 saturated carbocycles. The molecular formula is C18H16N4O2. The van der Waals surface area contributed by atoms with Gasteiger partial charge in [-0.2, -0.15) is 0 Å². The first kappa shape index (κ1) is 14.4. The Morgan fingerprint density at radius 3 is 2.62 bits per heavy atom. The molecule has 0 aliphatic carbocycles. The van der Waals surface area contributed by atoms with Crippen molar-refractivity contribution in [2.45, 2.75) is 6.04 Å². The monoisotopic (exact) mass is 320 g/mol. The van der Waals surface area contributed by atoms with Gasteiger partial charge in [0.2, 0.25) is 0 Å². The third-order valence-corrected chi connectivity index (χ3v) is 4.43. The first-order valence-electron chi connectivity index (χ1n) is 7.70. The van der Waals surface area contributed by atoms with Crippen LogP contribution in [0, 0.1) is 0 Å². The summed E-state index contributed by atoms with van der Waals surface area (Å²) in [6.45, 7) is 0.350. The molecule has 6 nitrogen and oxygen atoms in total. The van der Waals surface area contributed by atoms with E-state index in [2.05, 4.69) is 10.3 Å². The fraction of sp³-hybridized carbons (Fsp3) is 0.167. The number of rotatable bonds is 2. The molecule has 1 N–H and O–H groups in total. The highest BCUT2D eigenvalue weighted by Crippen LogP contribution is 2.38. The highest BCUT2D eigenvalue weighted by atomic mass is 16.2. The van der Waals surface area contributed by atoms with E-state index in [-0.39, 0.29) is 18.0 Å². The molecule has 0 bridgehead atoms. The molecule has 0 saturated heterocycles. The summed E-state index contributed by atoms with van der Waals surface area (Å²) in [6.07, 6.45) is 3.32. The van der Waals surface area contributed by atoms with Gasteiger partial charge in [-0.25, -0.2) is 4.79 Å². The number of aromatic nitrogens is 1. The highest BCUT2D eigenvalue weighted by molar-refractivity contribution is 6.11. The van der Waals surface area contributed by atoms with Gasteiger partial charge in [0.25, 0.3) is 5.91 Å². The standard InChI is InChI=1S/C18H16N4O2/c1-21-16(12-6-3-2-4-7-12)15-14(20-18(21)24)11-22(17(15)23)13-8-5-9-19-10-13/h2-10,16H,11H2,1H3,(H,20,24). The van der Waals surface area contributed by atoms with E-state index >= 15 is 0 Å². The molecule has 2 aliphatic rings. The molecule has 2 aliphatic heterocycles. The van der Waals surface area contributed by atoms with E-state index in [4.69, 9.17) is 0 Å². The zero-order valence-corrected chi connectivity index (χ0v) is 13.1. The van der Waals surface area contributed by atoms with Crippen molar-refractivity contribution in [2.24, 2.45) is 0 Å². The number of carbonyl (C=O) groups excluding carboxylic acids is 2. The fourth-order valence-electron chi connectivity index (χ4n) is 3.25. The zero-order valence-electron chi connectivity index (χ0n) is 13.1. The Labute approximate surface area is 139 Å². The summed E-state index contributed by atoms with van der Waals surface area (Å²) in [5.74, 6) is -0.0984. The lowest BCUT2D eigenvalue weighted by atomic mass is 9.95. The number of benzene rings is 1. The molecule has 3 amide bonds. The van der Waals surface area contributed by atoms with Crippen molar-refractivity contribution >= 4 is 17.6 Å². The summed E-state index contributed by atoms with van der Waals surface area (Å²) in [6, 6.07) is 12.6. The van der Waals surface area contributed by atoms with Crippen molar-refractivity contribution in [3.05, 3.63) is 71.7 Å². The predicted octanol–water partition coefficient (Wildman–Crippen LogP) is 2.08. The molecule has 3 heterocycles. The second-order valence-electron chi connectivity index (χ2n) is 5.85. The van der Waals surface area contributed by atoms with E-state index in [0.29, 0.717) is 17.8 Å². The van der Waals surface area contributed by atoms with Gasteiger partial charge in [0, 0.05) is 13.2 Å². The number of hydrogen-bond donors (Lipinski definition) is 1. The van der Waals surface area contributed by atoms with Gasteiger partial charge in [0.1, 0.15) is 0 Å². The number of likely N-dealkylation sites (N-methyl/N-ethyl adjacent to an activating group) is 1. The average molecular weight is 320 g/mol. The molecule has 2 aromatic rings. The maximum atomic E-state index is 13.0. The molecule has 4 rings (SSSR count). The Hall–Kier alpha value is -3.15. The molecule has 6 heteroatoms. The van der Waals surface area contributed by atoms with Crippen LogP contribution in [0.1, 0.15) is 11.6 Å². The van der Waals surface area contributed by atoms with E-state index in [1.807, 2.05) is 36.4 Å². The molecular weight excluding hydrogens is 304 g/mol. The van der Waals surface area contributed by atoms with Crippen molar-refractivity contribution in [3.63, 3.8) is 0 Å². The maximum Gasteiger partial charge on any atom is 0.322 e. The van der Waals surface area contributed by atoms with E-state index < -0.39 is 0 Å². The molecule has 0 fully saturated rings. The van der Waals surface area contributed by atoms with Crippen molar-refractivity contribution in [1.29, 1.82) is 0 Å². The topological polar surface area (TPSA) is 65.5 Å². The minimum absolute atomic E-state index is 0.0984. The molecule has 120 valence electrons. The van der Waals surface area contributed by atoms with Crippen LogP contribution in [-0.4, -0.2) is 35.4 Å². The van der Waals surface area contributed by atoms with Crippen molar-refractivity contribution in [2.75, 3.05) is 18.5 Å². The van der Waals surface area contributed by atoms with Crippen molar-refractivity contribution in [3.8, 4) is 0 Å². The SMILES string of the molecule is CN1C(=O)NC2=C(C(=O)N(c3cccnc3)C2)C1c1ccccc1. The van der Waals surface area contributed by atoms with Crippen LogP contribution < -0.4 is 10.2 Å². The quantitative estimate of drug-likeness (QED) is 0.921. The molecule has 0 radical (unpaired) electrons. The molecule has 0 spiro atoms. The Morgan fingerprint density at radius 2 is 1.92 bits per heavy atom. The lowest BCUT2D eigenvalue weighted by Gasteiger charge is -2.33. The number of urea groups is 1. The summed E-state index contributed by atoms with van der Waals surface area (Å²) in [4.78, 5) is 32.6. The van der Waals surface area contributed by atoms with Gasteiger partial charge < -0.3 is 15.1 Å². The highest BCUT2D eigenvalue weighted by Gasteiger charge is 2.43. The van der Waals surface area contributed by atoms with Crippen molar-refractivity contribution < 1.29 is 9.59 Å².